The summed E-state index contributed by atoms with van der Waals surface area (Å²) in [4.78, 5) is 12.4. The van der Waals surface area contributed by atoms with Gasteiger partial charge in [-0.2, -0.15) is 5.10 Å². The van der Waals surface area contributed by atoms with Crippen LogP contribution in [0, 0.1) is 0 Å². The predicted molar refractivity (Wildman–Crippen MR) is 119 cm³/mol. The summed E-state index contributed by atoms with van der Waals surface area (Å²) in [5.41, 5.74) is 3.75. The molecule has 0 saturated heterocycles. The Morgan fingerprint density at radius 2 is 1.73 bits per heavy atom. The quantitative estimate of drug-likeness (QED) is 0.468. The standard InChI is InChI=1S/C19H21Cl2N3O5S/c1-12(13-5-8-17(28-2)18(9-13)29-3)22-23-19(25)11-24(30(4,26)27)14-6-7-15(20)16(21)10-14/h5-10H,11H2,1-4H3,(H,23,25). The molecule has 0 aliphatic rings. The molecule has 0 spiro atoms. The molecule has 0 atom stereocenters. The number of rotatable bonds is 8. The van der Waals surface area contributed by atoms with Crippen LogP contribution in [0.5, 0.6) is 11.5 Å². The number of nitrogens with zero attached hydrogens (tertiary/aromatic N) is 2. The third-order valence-corrected chi connectivity index (χ3v) is 5.91. The Morgan fingerprint density at radius 1 is 1.07 bits per heavy atom. The highest BCUT2D eigenvalue weighted by Gasteiger charge is 2.21. The first-order chi connectivity index (χ1) is 14.1. The van der Waals surface area contributed by atoms with Gasteiger partial charge in [-0.1, -0.05) is 23.2 Å². The van der Waals surface area contributed by atoms with Crippen molar-refractivity contribution < 1.29 is 22.7 Å². The zero-order chi connectivity index (χ0) is 22.5. The minimum atomic E-state index is -3.76. The van der Waals surface area contributed by atoms with E-state index in [1.807, 2.05) is 0 Å². The Balaban J connectivity index is 2.18. The summed E-state index contributed by atoms with van der Waals surface area (Å²) in [5.74, 6) is 0.438. The van der Waals surface area contributed by atoms with E-state index in [4.69, 9.17) is 32.7 Å². The van der Waals surface area contributed by atoms with E-state index in [1.165, 1.54) is 32.4 Å². The summed E-state index contributed by atoms with van der Waals surface area (Å²) in [6.45, 7) is 1.20. The van der Waals surface area contributed by atoms with Crippen molar-refractivity contribution in [3.63, 3.8) is 0 Å². The fourth-order valence-electron chi connectivity index (χ4n) is 2.48. The van der Waals surface area contributed by atoms with Crippen LogP contribution < -0.4 is 19.2 Å². The van der Waals surface area contributed by atoms with Gasteiger partial charge >= 0.3 is 0 Å². The molecule has 1 amide bonds. The molecular formula is C19H21Cl2N3O5S. The van der Waals surface area contributed by atoms with Gasteiger partial charge in [0.15, 0.2) is 11.5 Å². The van der Waals surface area contributed by atoms with Gasteiger partial charge in [-0.25, -0.2) is 13.8 Å². The van der Waals surface area contributed by atoms with Crippen LogP contribution in [-0.4, -0.2) is 47.1 Å². The van der Waals surface area contributed by atoms with Crippen LogP contribution in [0.2, 0.25) is 10.0 Å². The molecule has 11 heteroatoms. The average Bonchev–Trinajstić information content (AvgIpc) is 2.70. The first kappa shape index (κ1) is 23.8. The number of halogens is 2. The second-order valence-corrected chi connectivity index (χ2v) is 8.89. The Kier molecular flexibility index (Phi) is 7.94. The number of benzene rings is 2. The minimum Gasteiger partial charge on any atom is -0.493 e. The molecule has 0 heterocycles. The van der Waals surface area contributed by atoms with Crippen LogP contribution in [0.15, 0.2) is 41.5 Å². The van der Waals surface area contributed by atoms with Crippen molar-refractivity contribution in [1.29, 1.82) is 0 Å². The molecule has 30 heavy (non-hydrogen) atoms. The van der Waals surface area contributed by atoms with Crippen molar-refractivity contribution in [2.75, 3.05) is 31.3 Å². The van der Waals surface area contributed by atoms with Gasteiger partial charge in [-0.15, -0.1) is 0 Å². The Morgan fingerprint density at radius 3 is 2.30 bits per heavy atom. The Labute approximate surface area is 185 Å². The van der Waals surface area contributed by atoms with Crippen molar-refractivity contribution >= 4 is 50.5 Å². The number of carbonyl (C=O) groups is 1. The topological polar surface area (TPSA) is 97.3 Å². The van der Waals surface area contributed by atoms with Gasteiger partial charge in [0.25, 0.3) is 5.91 Å². The van der Waals surface area contributed by atoms with Gasteiger partial charge in [-0.05, 0) is 43.3 Å². The summed E-state index contributed by atoms with van der Waals surface area (Å²) in [6, 6.07) is 9.46. The highest BCUT2D eigenvalue weighted by molar-refractivity contribution is 7.92. The van der Waals surface area contributed by atoms with Gasteiger partial charge in [-0.3, -0.25) is 9.10 Å². The number of anilines is 1. The normalized spacial score (nSPS) is 11.7. The smallest absolute Gasteiger partial charge is 0.260 e. The second-order valence-electron chi connectivity index (χ2n) is 6.17. The van der Waals surface area contributed by atoms with E-state index in [2.05, 4.69) is 10.5 Å². The number of amides is 1. The van der Waals surface area contributed by atoms with E-state index in [-0.39, 0.29) is 15.7 Å². The van der Waals surface area contributed by atoms with Crippen LogP contribution in [0.4, 0.5) is 5.69 Å². The highest BCUT2D eigenvalue weighted by Crippen LogP contribution is 2.29. The molecule has 0 unspecified atom stereocenters. The molecule has 2 aromatic carbocycles. The SMILES string of the molecule is COc1ccc(C(C)=NNC(=O)CN(c2ccc(Cl)c(Cl)c2)S(C)(=O)=O)cc1OC. The number of hydrazone groups is 1. The maximum atomic E-state index is 12.4. The lowest BCUT2D eigenvalue weighted by Crippen LogP contribution is -2.39. The van der Waals surface area contributed by atoms with Crippen molar-refractivity contribution in [1.82, 2.24) is 5.43 Å². The van der Waals surface area contributed by atoms with E-state index in [0.29, 0.717) is 22.8 Å². The zero-order valence-electron chi connectivity index (χ0n) is 16.8. The number of nitrogens with one attached hydrogen (secondary N) is 1. The van der Waals surface area contributed by atoms with Crippen LogP contribution >= 0.6 is 23.2 Å². The van der Waals surface area contributed by atoms with Crippen molar-refractivity contribution in [2.45, 2.75) is 6.92 Å². The van der Waals surface area contributed by atoms with Crippen LogP contribution in [-0.2, 0) is 14.8 Å². The summed E-state index contributed by atoms with van der Waals surface area (Å²) < 4.78 is 35.7. The molecule has 1 N–H and O–H groups in total. The molecular weight excluding hydrogens is 453 g/mol. The number of hydrogen-bond acceptors (Lipinski definition) is 6. The second kappa shape index (κ2) is 10.0. The number of sulfonamides is 1. The summed E-state index contributed by atoms with van der Waals surface area (Å²) >= 11 is 11.8. The lowest BCUT2D eigenvalue weighted by Gasteiger charge is -2.21. The van der Waals surface area contributed by atoms with Crippen LogP contribution in [0.25, 0.3) is 0 Å². The fraction of sp³-hybridized carbons (Fsp3) is 0.263. The van der Waals surface area contributed by atoms with Gasteiger partial charge in [0, 0.05) is 5.56 Å². The molecule has 162 valence electrons. The van der Waals surface area contributed by atoms with Gasteiger partial charge in [0.05, 0.1) is 41.9 Å². The molecule has 0 aromatic heterocycles. The minimum absolute atomic E-state index is 0.172. The molecule has 2 aromatic rings. The molecule has 0 saturated carbocycles. The lowest BCUT2D eigenvalue weighted by atomic mass is 10.1. The Bertz CT molecular complexity index is 1070. The number of hydrogen-bond donors (Lipinski definition) is 1. The fourth-order valence-corrected chi connectivity index (χ4v) is 3.62. The van der Waals surface area contributed by atoms with Crippen LogP contribution in [0.3, 0.4) is 0 Å². The third-order valence-electron chi connectivity index (χ3n) is 4.03. The first-order valence-electron chi connectivity index (χ1n) is 8.55. The lowest BCUT2D eigenvalue weighted by molar-refractivity contribution is -0.119. The molecule has 0 aliphatic carbocycles. The van der Waals surface area contributed by atoms with E-state index in [9.17, 15) is 13.2 Å². The maximum absolute atomic E-state index is 12.4. The van der Waals surface area contributed by atoms with E-state index in [1.54, 1.807) is 25.1 Å². The molecule has 0 aliphatic heterocycles. The van der Waals surface area contributed by atoms with E-state index < -0.39 is 22.5 Å². The largest absolute Gasteiger partial charge is 0.493 e. The predicted octanol–water partition coefficient (Wildman–Crippen LogP) is 3.32. The third kappa shape index (κ3) is 6.01. The molecule has 8 nitrogen and oxygen atoms in total. The zero-order valence-corrected chi connectivity index (χ0v) is 19.1. The van der Waals surface area contributed by atoms with Gasteiger partial charge in [0.1, 0.15) is 6.54 Å². The molecule has 0 bridgehead atoms. The van der Waals surface area contributed by atoms with Gasteiger partial charge < -0.3 is 9.47 Å². The number of methoxy groups -OCH3 is 2. The molecule has 0 fully saturated rings. The first-order valence-corrected chi connectivity index (χ1v) is 11.2. The number of carbonyl (C=O) groups excluding carboxylic acids is 1. The summed E-state index contributed by atoms with van der Waals surface area (Å²) in [6.07, 6.45) is 0.987. The van der Waals surface area contributed by atoms with E-state index in [0.717, 1.165) is 10.6 Å². The van der Waals surface area contributed by atoms with E-state index >= 15 is 0 Å². The number of ether oxygens (including phenoxy) is 2. The Hall–Kier alpha value is -2.49. The molecule has 0 radical (unpaired) electrons. The van der Waals surface area contributed by atoms with Crippen molar-refractivity contribution in [3.05, 3.63) is 52.0 Å². The van der Waals surface area contributed by atoms with Crippen molar-refractivity contribution in [2.24, 2.45) is 5.10 Å². The van der Waals surface area contributed by atoms with Crippen molar-refractivity contribution in [3.8, 4) is 11.5 Å². The average molecular weight is 474 g/mol. The van der Waals surface area contributed by atoms with Gasteiger partial charge in [0.2, 0.25) is 10.0 Å². The monoisotopic (exact) mass is 473 g/mol. The maximum Gasteiger partial charge on any atom is 0.260 e. The van der Waals surface area contributed by atoms with Crippen LogP contribution in [0.1, 0.15) is 12.5 Å². The molecule has 2 rings (SSSR count). The highest BCUT2D eigenvalue weighted by atomic mass is 35.5. The summed E-state index contributed by atoms with van der Waals surface area (Å²) in [5, 5.41) is 4.48. The summed E-state index contributed by atoms with van der Waals surface area (Å²) in [7, 11) is -0.718.